The molecule has 2 aromatic heterocycles. The first-order valence-corrected chi connectivity index (χ1v) is 13.4. The minimum Gasteiger partial charge on any atom is -0.480 e. The Morgan fingerprint density at radius 1 is 0.921 bits per heavy atom. The highest BCUT2D eigenvalue weighted by molar-refractivity contribution is 6.48. The maximum Gasteiger partial charge on any atom is 0.281 e. The molecule has 2 aliphatic heterocycles. The van der Waals surface area contributed by atoms with Gasteiger partial charge >= 0.3 is 0 Å². The first-order valence-electron chi connectivity index (χ1n) is 13.4. The van der Waals surface area contributed by atoms with Crippen molar-refractivity contribution in [2.24, 2.45) is 4.99 Å². The molecule has 2 aliphatic rings. The molecule has 4 aromatic rings. The van der Waals surface area contributed by atoms with Gasteiger partial charge in [0.25, 0.3) is 5.91 Å². The highest BCUT2D eigenvalue weighted by Crippen LogP contribution is 2.40. The van der Waals surface area contributed by atoms with E-state index < -0.39 is 0 Å². The number of benzene rings is 2. The van der Waals surface area contributed by atoms with Crippen LogP contribution in [0.4, 0.5) is 0 Å². The number of aromatic nitrogens is 2. The smallest absolute Gasteiger partial charge is 0.281 e. The summed E-state index contributed by atoms with van der Waals surface area (Å²) in [5, 5.41) is 2.10. The molecule has 0 saturated carbocycles. The van der Waals surface area contributed by atoms with E-state index in [-0.39, 0.29) is 12.0 Å². The predicted molar refractivity (Wildman–Crippen MR) is 154 cm³/mol. The zero-order chi connectivity index (χ0) is 26.8. The Labute approximate surface area is 224 Å². The Morgan fingerprint density at radius 3 is 2.11 bits per heavy atom. The van der Waals surface area contributed by atoms with Gasteiger partial charge < -0.3 is 23.5 Å². The van der Waals surface area contributed by atoms with Crippen LogP contribution in [0.2, 0.25) is 0 Å². The monoisotopic (exact) mass is 512 g/mol. The molecule has 1 amide bonds. The summed E-state index contributed by atoms with van der Waals surface area (Å²) in [5.74, 6) is 0.103. The Kier molecular flexibility index (Phi) is 7.49. The third-order valence-corrected chi connectivity index (χ3v) is 7.14. The number of aryl methyl sites for hydroxylation is 1. The number of aliphatic imine (C=N–C) groups is 1. The molecule has 0 aliphatic carbocycles. The van der Waals surface area contributed by atoms with Crippen molar-refractivity contribution in [3.05, 3.63) is 72.1 Å². The van der Waals surface area contributed by atoms with Gasteiger partial charge in [0.2, 0.25) is 5.90 Å². The number of ether oxygens (including phenoxy) is 2. The van der Waals surface area contributed by atoms with Crippen molar-refractivity contribution in [1.29, 1.82) is 0 Å². The molecule has 198 valence electrons. The summed E-state index contributed by atoms with van der Waals surface area (Å²) in [5.41, 5.74) is 5.39. The Bertz CT molecular complexity index is 1540. The highest BCUT2D eigenvalue weighted by Gasteiger charge is 2.33. The number of hydrogen-bond acceptors (Lipinski definition) is 4. The molecular formula is C31H36N4O3. The van der Waals surface area contributed by atoms with Gasteiger partial charge in [-0.05, 0) is 32.6 Å². The molecule has 0 radical (unpaired) electrons. The van der Waals surface area contributed by atoms with Crippen LogP contribution >= 0.6 is 0 Å². The molecule has 4 bridgehead atoms. The summed E-state index contributed by atoms with van der Waals surface area (Å²) in [6.45, 7) is 6.95. The van der Waals surface area contributed by atoms with Crippen LogP contribution in [-0.2, 0) is 27.4 Å². The Hall–Kier alpha value is -3.68. The number of rotatable bonds is 2. The topological polar surface area (TPSA) is 61.0 Å². The van der Waals surface area contributed by atoms with E-state index in [0.29, 0.717) is 24.6 Å². The van der Waals surface area contributed by atoms with E-state index in [1.807, 2.05) is 32.0 Å². The molecule has 1 atom stereocenters. The lowest BCUT2D eigenvalue weighted by Crippen LogP contribution is -2.30. The lowest BCUT2D eigenvalue weighted by atomic mass is 9.95. The number of methoxy groups -OCH3 is 1. The standard InChI is InChI=1S/C29H30N4O3.C2H6/c1-31(2)16-19-12-13-32-18-23(21-9-5-6-10-24(21)32)27-26(28(34)30-29(27)35-3)22-17-33(14-15-36-19)25-11-7-4-8-20(22)25;1-2/h4-11,17-19H,12-16H2,1-3H3;1-2H3. The van der Waals surface area contributed by atoms with Gasteiger partial charge in [-0.1, -0.05) is 50.2 Å². The second-order valence-corrected chi connectivity index (χ2v) is 9.73. The van der Waals surface area contributed by atoms with Crippen molar-refractivity contribution in [2.45, 2.75) is 39.5 Å². The fourth-order valence-corrected chi connectivity index (χ4v) is 5.56. The number of nitrogens with zero attached hydrogens (tertiary/aromatic N) is 4. The van der Waals surface area contributed by atoms with Crippen LogP contribution in [-0.4, -0.2) is 66.3 Å². The van der Waals surface area contributed by atoms with Crippen molar-refractivity contribution < 1.29 is 14.3 Å². The molecular weight excluding hydrogens is 476 g/mol. The minimum absolute atomic E-state index is 0.104. The predicted octanol–water partition coefficient (Wildman–Crippen LogP) is 5.47. The quantitative estimate of drug-likeness (QED) is 0.357. The second kappa shape index (κ2) is 11.0. The largest absolute Gasteiger partial charge is 0.480 e. The molecule has 0 spiro atoms. The number of carbonyl (C=O) groups is 1. The number of amides is 1. The van der Waals surface area contributed by atoms with Crippen molar-refractivity contribution in [3.8, 4) is 0 Å². The average Bonchev–Trinajstić information content (AvgIpc) is 3.58. The van der Waals surface area contributed by atoms with Gasteiger partial charge in [-0.3, -0.25) is 4.79 Å². The van der Waals surface area contributed by atoms with Gasteiger partial charge in [0.1, 0.15) is 0 Å². The van der Waals surface area contributed by atoms with Gasteiger partial charge in [-0.25, -0.2) is 0 Å². The number of carbonyl (C=O) groups excluding carboxylic acids is 1. The van der Waals surface area contributed by atoms with Gasteiger partial charge in [-0.15, -0.1) is 0 Å². The molecule has 38 heavy (non-hydrogen) atoms. The number of likely N-dealkylation sites (N-methyl/N-ethyl adjacent to an activating group) is 1. The van der Waals surface area contributed by atoms with Crippen LogP contribution in [0.3, 0.4) is 0 Å². The van der Waals surface area contributed by atoms with Gasteiger partial charge in [-0.2, -0.15) is 4.99 Å². The summed E-state index contributed by atoms with van der Waals surface area (Å²) < 4.78 is 16.6. The van der Waals surface area contributed by atoms with Crippen molar-refractivity contribution in [2.75, 3.05) is 34.4 Å². The molecule has 0 fully saturated rings. The summed E-state index contributed by atoms with van der Waals surface area (Å²) in [6.07, 6.45) is 5.20. The molecule has 1 unspecified atom stereocenters. The minimum atomic E-state index is -0.268. The summed E-state index contributed by atoms with van der Waals surface area (Å²) >= 11 is 0. The Balaban J connectivity index is 0.00000144. The molecule has 4 heterocycles. The number of para-hydroxylation sites is 2. The maximum atomic E-state index is 13.4. The normalized spacial score (nSPS) is 17.8. The summed E-state index contributed by atoms with van der Waals surface area (Å²) in [6, 6.07) is 16.5. The first-order chi connectivity index (χ1) is 18.5. The second-order valence-electron chi connectivity index (χ2n) is 9.73. The van der Waals surface area contributed by atoms with E-state index in [1.165, 1.54) is 0 Å². The summed E-state index contributed by atoms with van der Waals surface area (Å²) in [4.78, 5) is 19.9. The molecule has 0 saturated heterocycles. The fraction of sp³-hybridized carbons (Fsp3) is 0.355. The molecule has 7 nitrogen and oxygen atoms in total. The van der Waals surface area contributed by atoms with E-state index in [4.69, 9.17) is 9.47 Å². The van der Waals surface area contributed by atoms with Crippen molar-refractivity contribution in [3.63, 3.8) is 0 Å². The third kappa shape index (κ3) is 4.57. The highest BCUT2D eigenvalue weighted by atomic mass is 16.5. The van der Waals surface area contributed by atoms with Gasteiger partial charge in [0.05, 0.1) is 31.0 Å². The van der Waals surface area contributed by atoms with Gasteiger partial charge in [0.15, 0.2) is 0 Å². The lowest BCUT2D eigenvalue weighted by Gasteiger charge is -2.22. The van der Waals surface area contributed by atoms with Crippen molar-refractivity contribution >= 4 is 44.8 Å². The van der Waals surface area contributed by atoms with E-state index in [9.17, 15) is 4.79 Å². The fourth-order valence-electron chi connectivity index (χ4n) is 5.56. The number of fused-ring (bicyclic) bond motifs is 12. The zero-order valence-corrected chi connectivity index (χ0v) is 22.9. The third-order valence-electron chi connectivity index (χ3n) is 7.14. The molecule has 0 N–H and O–H groups in total. The maximum absolute atomic E-state index is 13.4. The lowest BCUT2D eigenvalue weighted by molar-refractivity contribution is -0.112. The van der Waals surface area contributed by atoms with Crippen LogP contribution in [0.15, 0.2) is 65.9 Å². The van der Waals surface area contributed by atoms with Crippen LogP contribution < -0.4 is 0 Å². The summed E-state index contributed by atoms with van der Waals surface area (Å²) in [7, 11) is 5.75. The average molecular weight is 513 g/mol. The van der Waals surface area contributed by atoms with Crippen LogP contribution in [0.25, 0.3) is 33.0 Å². The van der Waals surface area contributed by atoms with E-state index >= 15 is 0 Å². The molecule has 7 heteroatoms. The van der Waals surface area contributed by atoms with Gasteiger partial charge in [0, 0.05) is 65.0 Å². The van der Waals surface area contributed by atoms with Crippen LogP contribution in [0, 0.1) is 0 Å². The van der Waals surface area contributed by atoms with E-state index in [1.54, 1.807) is 7.11 Å². The van der Waals surface area contributed by atoms with E-state index in [0.717, 1.165) is 58.0 Å². The van der Waals surface area contributed by atoms with E-state index in [2.05, 4.69) is 75.8 Å². The molecule has 6 rings (SSSR count). The SMILES string of the molecule is CC.COC1=NC(=O)C2=C1c1cn(c3ccccc13)CCC(CN(C)C)OCCn1cc2c2ccccc21. The first kappa shape index (κ1) is 25.9. The zero-order valence-electron chi connectivity index (χ0n) is 22.9. The van der Waals surface area contributed by atoms with Crippen LogP contribution in [0.1, 0.15) is 31.4 Å². The van der Waals surface area contributed by atoms with Crippen LogP contribution in [0.5, 0.6) is 0 Å². The number of hydrogen-bond donors (Lipinski definition) is 0. The Morgan fingerprint density at radius 2 is 1.50 bits per heavy atom. The molecule has 2 aromatic carbocycles. The van der Waals surface area contributed by atoms with Crippen molar-refractivity contribution in [1.82, 2.24) is 14.0 Å².